The molecule has 2 amide bonds. The van der Waals surface area contributed by atoms with Crippen molar-refractivity contribution in [2.45, 2.75) is 19.3 Å². The molecule has 1 heterocycles. The van der Waals surface area contributed by atoms with Crippen LogP contribution in [0.2, 0.25) is 0 Å². The lowest BCUT2D eigenvalue weighted by atomic mass is 9.93. The quantitative estimate of drug-likeness (QED) is 0.900. The van der Waals surface area contributed by atoms with Gasteiger partial charge in [-0.05, 0) is 30.9 Å². The van der Waals surface area contributed by atoms with E-state index in [1.807, 2.05) is 0 Å². The second-order valence-electron chi connectivity index (χ2n) is 4.89. The fourth-order valence-electron chi connectivity index (χ4n) is 2.43. The molecule has 19 heavy (non-hydrogen) atoms. The molecule has 1 aromatic carbocycles. The molecule has 5 heteroatoms. The van der Waals surface area contributed by atoms with Crippen LogP contribution in [-0.2, 0) is 4.79 Å². The summed E-state index contributed by atoms with van der Waals surface area (Å²) in [6.07, 6.45) is 1.84. The second-order valence-corrected chi connectivity index (χ2v) is 4.89. The van der Waals surface area contributed by atoms with Crippen molar-refractivity contribution in [2.75, 3.05) is 13.1 Å². The van der Waals surface area contributed by atoms with E-state index in [9.17, 15) is 14.0 Å². The normalized spacial score (nSPS) is 16.4. The molecule has 2 N–H and O–H groups in total. The first kappa shape index (κ1) is 13.5. The van der Waals surface area contributed by atoms with E-state index in [4.69, 9.17) is 5.73 Å². The van der Waals surface area contributed by atoms with Crippen molar-refractivity contribution in [1.82, 2.24) is 4.90 Å². The smallest absolute Gasteiger partial charge is 0.256 e. The van der Waals surface area contributed by atoms with Crippen LogP contribution >= 0.6 is 0 Å². The van der Waals surface area contributed by atoms with Crippen molar-refractivity contribution in [3.8, 4) is 0 Å². The Labute approximate surface area is 111 Å². The van der Waals surface area contributed by atoms with Crippen LogP contribution in [0.25, 0.3) is 0 Å². The maximum absolute atomic E-state index is 13.5. The molecule has 1 fully saturated rings. The summed E-state index contributed by atoms with van der Waals surface area (Å²) in [6, 6.07) is 5.99. The molecule has 0 unspecified atom stereocenters. The van der Waals surface area contributed by atoms with E-state index in [0.29, 0.717) is 19.5 Å². The van der Waals surface area contributed by atoms with Crippen molar-refractivity contribution < 1.29 is 14.0 Å². The van der Waals surface area contributed by atoms with Crippen LogP contribution in [0.1, 0.15) is 29.6 Å². The monoisotopic (exact) mass is 264 g/mol. The standard InChI is InChI=1S/C14H17FN2O2/c15-12-4-2-1-3-11(12)14(19)17-7-5-10(6-8-17)9-13(16)18/h1-4,10H,5-9H2,(H2,16,18). The van der Waals surface area contributed by atoms with Crippen LogP contribution in [0, 0.1) is 11.7 Å². The van der Waals surface area contributed by atoms with Crippen molar-refractivity contribution in [1.29, 1.82) is 0 Å². The van der Waals surface area contributed by atoms with E-state index in [2.05, 4.69) is 0 Å². The molecule has 0 spiro atoms. The van der Waals surface area contributed by atoms with Gasteiger partial charge in [0.25, 0.3) is 5.91 Å². The number of hydrogen-bond acceptors (Lipinski definition) is 2. The predicted molar refractivity (Wildman–Crippen MR) is 68.8 cm³/mol. The fourth-order valence-corrected chi connectivity index (χ4v) is 2.43. The molecule has 102 valence electrons. The van der Waals surface area contributed by atoms with Gasteiger partial charge >= 0.3 is 0 Å². The zero-order chi connectivity index (χ0) is 13.8. The fraction of sp³-hybridized carbons (Fsp3) is 0.429. The third kappa shape index (κ3) is 3.30. The van der Waals surface area contributed by atoms with E-state index < -0.39 is 5.82 Å². The molecule has 0 radical (unpaired) electrons. The van der Waals surface area contributed by atoms with Gasteiger partial charge in [-0.2, -0.15) is 0 Å². The second kappa shape index (κ2) is 5.82. The van der Waals surface area contributed by atoms with Crippen LogP contribution < -0.4 is 5.73 Å². The van der Waals surface area contributed by atoms with Crippen molar-refractivity contribution in [3.05, 3.63) is 35.6 Å². The highest BCUT2D eigenvalue weighted by molar-refractivity contribution is 5.94. The summed E-state index contributed by atoms with van der Waals surface area (Å²) in [5.74, 6) is -0.844. The first-order valence-corrected chi connectivity index (χ1v) is 6.40. The topological polar surface area (TPSA) is 63.4 Å². The van der Waals surface area contributed by atoms with Crippen LogP contribution in [0.3, 0.4) is 0 Å². The number of rotatable bonds is 3. The maximum Gasteiger partial charge on any atom is 0.256 e. The molecule has 0 aliphatic carbocycles. The lowest BCUT2D eigenvalue weighted by Crippen LogP contribution is -2.39. The molecule has 0 atom stereocenters. The predicted octanol–water partition coefficient (Wildman–Crippen LogP) is 1.55. The summed E-state index contributed by atoms with van der Waals surface area (Å²) in [7, 11) is 0. The van der Waals surface area contributed by atoms with Gasteiger partial charge in [-0.1, -0.05) is 12.1 Å². The van der Waals surface area contributed by atoms with Crippen LogP contribution in [0.4, 0.5) is 4.39 Å². The van der Waals surface area contributed by atoms with E-state index in [-0.39, 0.29) is 23.3 Å². The first-order chi connectivity index (χ1) is 9.08. The van der Waals surface area contributed by atoms with Crippen molar-refractivity contribution >= 4 is 11.8 Å². The van der Waals surface area contributed by atoms with Crippen LogP contribution in [-0.4, -0.2) is 29.8 Å². The number of benzene rings is 1. The van der Waals surface area contributed by atoms with Gasteiger partial charge in [-0.15, -0.1) is 0 Å². The number of amides is 2. The van der Waals surface area contributed by atoms with E-state index >= 15 is 0 Å². The number of piperidine rings is 1. The molecule has 0 aromatic heterocycles. The minimum absolute atomic E-state index is 0.107. The molecule has 1 aliphatic heterocycles. The number of nitrogens with two attached hydrogens (primary N) is 1. The Kier molecular flexibility index (Phi) is 4.14. The Morgan fingerprint density at radius 3 is 2.47 bits per heavy atom. The molecule has 0 saturated carbocycles. The summed E-state index contributed by atoms with van der Waals surface area (Å²) < 4.78 is 13.5. The highest BCUT2D eigenvalue weighted by Gasteiger charge is 2.25. The average Bonchev–Trinajstić information content (AvgIpc) is 2.39. The molecule has 1 aliphatic rings. The zero-order valence-corrected chi connectivity index (χ0v) is 10.6. The van der Waals surface area contributed by atoms with Crippen molar-refractivity contribution in [3.63, 3.8) is 0 Å². The maximum atomic E-state index is 13.5. The number of likely N-dealkylation sites (tertiary alicyclic amines) is 1. The Hall–Kier alpha value is -1.91. The lowest BCUT2D eigenvalue weighted by Gasteiger charge is -2.31. The van der Waals surface area contributed by atoms with Crippen LogP contribution in [0.15, 0.2) is 24.3 Å². The van der Waals surface area contributed by atoms with E-state index in [0.717, 1.165) is 12.8 Å². The summed E-state index contributed by atoms with van der Waals surface area (Å²) >= 11 is 0. The SMILES string of the molecule is NC(=O)CC1CCN(C(=O)c2ccccc2F)CC1. The van der Waals surface area contributed by atoms with Gasteiger partial charge in [0.05, 0.1) is 5.56 Å². The molecule has 2 rings (SSSR count). The number of carbonyl (C=O) groups excluding carboxylic acids is 2. The summed E-state index contributed by atoms with van der Waals surface area (Å²) in [4.78, 5) is 24.6. The Morgan fingerprint density at radius 1 is 1.26 bits per heavy atom. The Bertz CT molecular complexity index is 482. The number of hydrogen-bond donors (Lipinski definition) is 1. The molecule has 1 aromatic rings. The number of halogens is 1. The van der Waals surface area contributed by atoms with Gasteiger partial charge in [0.15, 0.2) is 0 Å². The Balaban J connectivity index is 1.96. The van der Waals surface area contributed by atoms with Gasteiger partial charge in [0, 0.05) is 19.5 Å². The number of primary amides is 1. The molecule has 4 nitrogen and oxygen atoms in total. The van der Waals surface area contributed by atoms with Gasteiger partial charge in [0.2, 0.25) is 5.91 Å². The highest BCUT2D eigenvalue weighted by Crippen LogP contribution is 2.22. The van der Waals surface area contributed by atoms with Crippen molar-refractivity contribution in [2.24, 2.45) is 11.7 Å². The molecular weight excluding hydrogens is 247 g/mol. The Morgan fingerprint density at radius 2 is 1.89 bits per heavy atom. The molecule has 1 saturated heterocycles. The number of nitrogens with zero attached hydrogens (tertiary/aromatic N) is 1. The average molecular weight is 264 g/mol. The highest BCUT2D eigenvalue weighted by atomic mass is 19.1. The summed E-state index contributed by atoms with van der Waals surface area (Å²) in [5.41, 5.74) is 5.27. The third-order valence-corrected chi connectivity index (χ3v) is 3.50. The lowest BCUT2D eigenvalue weighted by molar-refractivity contribution is -0.119. The minimum Gasteiger partial charge on any atom is -0.370 e. The first-order valence-electron chi connectivity index (χ1n) is 6.40. The van der Waals surface area contributed by atoms with Gasteiger partial charge in [-0.25, -0.2) is 4.39 Å². The zero-order valence-electron chi connectivity index (χ0n) is 10.6. The molecule has 0 bridgehead atoms. The van der Waals surface area contributed by atoms with E-state index in [1.54, 1.807) is 17.0 Å². The largest absolute Gasteiger partial charge is 0.370 e. The minimum atomic E-state index is -0.494. The third-order valence-electron chi connectivity index (χ3n) is 3.50. The summed E-state index contributed by atoms with van der Waals surface area (Å²) in [6.45, 7) is 1.09. The number of carbonyl (C=O) groups is 2. The van der Waals surface area contributed by atoms with Gasteiger partial charge in [-0.3, -0.25) is 9.59 Å². The van der Waals surface area contributed by atoms with Gasteiger partial charge in [0.1, 0.15) is 5.82 Å². The molecular formula is C14H17FN2O2. The van der Waals surface area contributed by atoms with Crippen LogP contribution in [0.5, 0.6) is 0 Å². The van der Waals surface area contributed by atoms with Gasteiger partial charge < -0.3 is 10.6 Å². The van der Waals surface area contributed by atoms with E-state index in [1.165, 1.54) is 12.1 Å². The summed E-state index contributed by atoms with van der Waals surface area (Å²) in [5, 5.41) is 0.